The minimum absolute atomic E-state index is 0.0121. The van der Waals surface area contributed by atoms with E-state index in [9.17, 15) is 4.79 Å². The lowest BCUT2D eigenvalue weighted by Gasteiger charge is -2.15. The van der Waals surface area contributed by atoms with Gasteiger partial charge in [0, 0.05) is 30.8 Å². The molecular formula is C23H27N5O2S. The van der Waals surface area contributed by atoms with E-state index in [-0.39, 0.29) is 11.9 Å². The predicted molar refractivity (Wildman–Crippen MR) is 126 cm³/mol. The average Bonchev–Trinajstić information content (AvgIpc) is 3.35. The van der Waals surface area contributed by atoms with Crippen molar-refractivity contribution in [3.05, 3.63) is 52.8 Å². The Balaban J connectivity index is 1.51. The molecule has 0 radical (unpaired) electrons. The van der Waals surface area contributed by atoms with Gasteiger partial charge in [-0.05, 0) is 37.0 Å². The molecule has 0 bridgehead atoms. The van der Waals surface area contributed by atoms with Crippen molar-refractivity contribution in [1.29, 1.82) is 0 Å². The molecule has 0 fully saturated rings. The van der Waals surface area contributed by atoms with Crippen molar-refractivity contribution >= 4 is 44.2 Å². The molecule has 4 aromatic rings. The van der Waals surface area contributed by atoms with Crippen LogP contribution in [-0.4, -0.2) is 47.2 Å². The fourth-order valence-corrected chi connectivity index (χ4v) is 4.84. The van der Waals surface area contributed by atoms with Crippen LogP contribution >= 0.6 is 11.3 Å². The number of nitrogens with zero attached hydrogens (tertiary/aromatic N) is 2. The first-order chi connectivity index (χ1) is 15.1. The number of anilines is 1. The molecule has 8 heteroatoms. The topological polar surface area (TPSA) is 91.9 Å². The van der Waals surface area contributed by atoms with Gasteiger partial charge in [-0.1, -0.05) is 25.1 Å². The summed E-state index contributed by atoms with van der Waals surface area (Å²) < 4.78 is 5.20. The van der Waals surface area contributed by atoms with E-state index < -0.39 is 0 Å². The monoisotopic (exact) mass is 437 g/mol. The van der Waals surface area contributed by atoms with Gasteiger partial charge in [-0.2, -0.15) is 0 Å². The van der Waals surface area contributed by atoms with Crippen LogP contribution in [0.5, 0.6) is 0 Å². The molecule has 0 aliphatic rings. The van der Waals surface area contributed by atoms with Gasteiger partial charge in [-0.25, -0.2) is 9.97 Å². The number of carbonyl (C=O) groups excluding carboxylic acids is 1. The summed E-state index contributed by atoms with van der Waals surface area (Å²) in [6.07, 6.45) is 5.28. The number of ether oxygens (including phenoxy) is 1. The summed E-state index contributed by atoms with van der Waals surface area (Å²) in [5.41, 5.74) is 3.31. The molecule has 3 N–H and O–H groups in total. The quantitative estimate of drug-likeness (QED) is 0.363. The number of methoxy groups -OCH3 is 1. The average molecular weight is 438 g/mol. The number of aryl methyl sites for hydroxylation is 1. The minimum Gasteiger partial charge on any atom is -0.383 e. The summed E-state index contributed by atoms with van der Waals surface area (Å²) in [6.45, 7) is 5.21. The van der Waals surface area contributed by atoms with Crippen molar-refractivity contribution in [3.63, 3.8) is 0 Å². The Kier molecular flexibility index (Phi) is 6.48. The summed E-state index contributed by atoms with van der Waals surface area (Å²) in [5.74, 6) is 0.677. The maximum Gasteiger partial charge on any atom is 0.262 e. The first-order valence-corrected chi connectivity index (χ1v) is 11.3. The highest BCUT2D eigenvalue weighted by molar-refractivity contribution is 7.20. The highest BCUT2D eigenvalue weighted by Gasteiger charge is 2.21. The zero-order valence-corrected chi connectivity index (χ0v) is 18.8. The molecule has 7 nitrogen and oxygen atoms in total. The number of benzene rings is 1. The van der Waals surface area contributed by atoms with Gasteiger partial charge in [-0.15, -0.1) is 11.3 Å². The number of nitrogens with one attached hydrogen (secondary N) is 3. The third-order valence-corrected chi connectivity index (χ3v) is 6.69. The number of carbonyl (C=O) groups is 1. The van der Waals surface area contributed by atoms with E-state index >= 15 is 0 Å². The Morgan fingerprint density at radius 3 is 2.94 bits per heavy atom. The molecule has 31 heavy (non-hydrogen) atoms. The predicted octanol–water partition coefficient (Wildman–Crippen LogP) is 4.29. The first kappa shape index (κ1) is 21.3. The van der Waals surface area contributed by atoms with E-state index in [0.29, 0.717) is 11.5 Å². The Morgan fingerprint density at radius 2 is 2.13 bits per heavy atom. The zero-order chi connectivity index (χ0) is 21.8. The van der Waals surface area contributed by atoms with Gasteiger partial charge in [0.05, 0.1) is 22.9 Å². The Bertz CT molecular complexity index is 1200. The third-order valence-electron chi connectivity index (χ3n) is 5.49. The lowest BCUT2D eigenvalue weighted by atomic mass is 10.1. The first-order valence-electron chi connectivity index (χ1n) is 10.4. The fourth-order valence-electron chi connectivity index (χ4n) is 3.79. The van der Waals surface area contributed by atoms with Gasteiger partial charge in [0.1, 0.15) is 17.0 Å². The van der Waals surface area contributed by atoms with Crippen LogP contribution in [-0.2, 0) is 11.2 Å². The van der Waals surface area contributed by atoms with Crippen molar-refractivity contribution in [1.82, 2.24) is 20.3 Å². The molecule has 3 heterocycles. The van der Waals surface area contributed by atoms with Crippen LogP contribution in [0.25, 0.3) is 21.1 Å². The number of rotatable bonds is 9. The van der Waals surface area contributed by atoms with Crippen molar-refractivity contribution in [2.75, 3.05) is 25.6 Å². The Labute approximate surface area is 185 Å². The summed E-state index contributed by atoms with van der Waals surface area (Å²) in [6, 6.07) is 8.28. The second kappa shape index (κ2) is 9.45. The molecule has 4 rings (SSSR count). The van der Waals surface area contributed by atoms with E-state index in [1.807, 2.05) is 19.9 Å². The van der Waals surface area contributed by atoms with Crippen LogP contribution < -0.4 is 10.6 Å². The number of hydrogen-bond donors (Lipinski definition) is 3. The number of aromatic nitrogens is 3. The number of amides is 1. The van der Waals surface area contributed by atoms with E-state index in [2.05, 4.69) is 50.0 Å². The summed E-state index contributed by atoms with van der Waals surface area (Å²) in [7, 11) is 1.64. The van der Waals surface area contributed by atoms with Crippen LogP contribution in [0.2, 0.25) is 0 Å². The fraction of sp³-hybridized carbons (Fsp3) is 0.348. The third kappa shape index (κ3) is 4.40. The van der Waals surface area contributed by atoms with Crippen LogP contribution in [0, 0.1) is 6.92 Å². The second-order valence-electron chi connectivity index (χ2n) is 7.53. The largest absolute Gasteiger partial charge is 0.383 e. The molecule has 0 aliphatic heterocycles. The summed E-state index contributed by atoms with van der Waals surface area (Å²) in [4.78, 5) is 26.5. The van der Waals surface area contributed by atoms with Gasteiger partial charge < -0.3 is 20.4 Å². The van der Waals surface area contributed by atoms with Gasteiger partial charge in [-0.3, -0.25) is 4.79 Å². The molecular weight excluding hydrogens is 410 g/mol. The maximum absolute atomic E-state index is 12.9. The number of thiophene rings is 1. The number of fused-ring (bicyclic) bond motifs is 2. The molecule has 1 atom stereocenters. The lowest BCUT2D eigenvalue weighted by molar-refractivity contribution is 0.0898. The molecule has 0 saturated heterocycles. The molecule has 1 aromatic carbocycles. The molecule has 162 valence electrons. The van der Waals surface area contributed by atoms with Crippen LogP contribution in [0.15, 0.2) is 36.8 Å². The summed E-state index contributed by atoms with van der Waals surface area (Å²) in [5, 5.41) is 8.66. The highest BCUT2D eigenvalue weighted by atomic mass is 32.1. The maximum atomic E-state index is 12.9. The van der Waals surface area contributed by atoms with E-state index in [1.54, 1.807) is 13.4 Å². The molecule has 0 aliphatic carbocycles. The van der Waals surface area contributed by atoms with Crippen molar-refractivity contribution in [2.24, 2.45) is 0 Å². The number of hydrogen-bond acceptors (Lipinski definition) is 6. The van der Waals surface area contributed by atoms with Gasteiger partial charge >= 0.3 is 0 Å². The van der Waals surface area contributed by atoms with E-state index in [1.165, 1.54) is 22.3 Å². The minimum atomic E-state index is -0.0888. The smallest absolute Gasteiger partial charge is 0.262 e. The van der Waals surface area contributed by atoms with Crippen LogP contribution in [0.1, 0.15) is 34.1 Å². The number of para-hydroxylation sites is 1. The molecule has 0 unspecified atom stereocenters. The standard InChI is InChI=1S/C23H27N5O2S/c1-4-16(12-30-3)28-22(29)20-14(2)19-21(26-13-27-23(19)31-20)24-10-9-15-11-25-18-8-6-5-7-17(15)18/h5-8,11,13,16,25H,4,9-10,12H2,1-3H3,(H,28,29)(H,24,26,27)/t16-/m1/s1. The van der Waals surface area contributed by atoms with E-state index in [4.69, 9.17) is 4.74 Å². The zero-order valence-electron chi connectivity index (χ0n) is 18.0. The van der Waals surface area contributed by atoms with Crippen molar-refractivity contribution < 1.29 is 9.53 Å². The lowest BCUT2D eigenvalue weighted by Crippen LogP contribution is -2.37. The Hall–Kier alpha value is -2.97. The van der Waals surface area contributed by atoms with E-state index in [0.717, 1.165) is 46.5 Å². The normalized spacial score (nSPS) is 12.4. The van der Waals surface area contributed by atoms with Crippen molar-refractivity contribution in [2.45, 2.75) is 32.7 Å². The number of aromatic amines is 1. The molecule has 3 aromatic heterocycles. The Morgan fingerprint density at radius 1 is 1.29 bits per heavy atom. The SMILES string of the molecule is CC[C@H](COC)NC(=O)c1sc2ncnc(NCCc3c[nH]c4ccccc34)c2c1C. The molecule has 1 amide bonds. The van der Waals surface area contributed by atoms with Gasteiger partial charge in [0.15, 0.2) is 0 Å². The van der Waals surface area contributed by atoms with Crippen LogP contribution in [0.4, 0.5) is 5.82 Å². The highest BCUT2D eigenvalue weighted by Crippen LogP contribution is 2.33. The number of H-pyrrole nitrogens is 1. The summed E-state index contributed by atoms with van der Waals surface area (Å²) >= 11 is 1.40. The second-order valence-corrected chi connectivity index (χ2v) is 8.53. The molecule has 0 saturated carbocycles. The van der Waals surface area contributed by atoms with Gasteiger partial charge in [0.2, 0.25) is 0 Å². The van der Waals surface area contributed by atoms with Crippen LogP contribution in [0.3, 0.4) is 0 Å². The van der Waals surface area contributed by atoms with Crippen molar-refractivity contribution in [3.8, 4) is 0 Å². The molecule has 0 spiro atoms. The van der Waals surface area contributed by atoms with Gasteiger partial charge in [0.25, 0.3) is 5.91 Å².